The van der Waals surface area contributed by atoms with Crippen molar-refractivity contribution in [2.24, 2.45) is 0 Å². The van der Waals surface area contributed by atoms with E-state index < -0.39 is 34.1 Å². The number of Topliss-reactive ketones (excluding diaryl/α,β-unsaturated/α-hetero) is 1. The van der Waals surface area contributed by atoms with Crippen molar-refractivity contribution in [1.82, 2.24) is 4.98 Å². The van der Waals surface area contributed by atoms with E-state index >= 15 is 0 Å². The molecule has 5 nitrogen and oxygen atoms in total. The number of aliphatic hydroxyl groups excluding tert-OH is 1. The lowest BCUT2D eigenvalue weighted by atomic mass is 10.1. The van der Waals surface area contributed by atoms with Crippen LogP contribution in [0, 0.1) is 5.82 Å². The summed E-state index contributed by atoms with van der Waals surface area (Å²) in [6.45, 7) is 2.59. The molecule has 1 heterocycles. The molecule has 0 amide bonds. The molecule has 20 heavy (non-hydrogen) atoms. The lowest BCUT2D eigenvalue weighted by Gasteiger charge is -2.09. The maximum absolute atomic E-state index is 13.3. The summed E-state index contributed by atoms with van der Waals surface area (Å²) in [7, 11) is 0. The molecule has 0 aromatic carbocycles. The normalized spacial score (nSPS) is 11.8. The first-order chi connectivity index (χ1) is 9.29. The van der Waals surface area contributed by atoms with Crippen molar-refractivity contribution in [2.75, 3.05) is 6.61 Å². The molecule has 0 fully saturated rings. The van der Waals surface area contributed by atoms with Gasteiger partial charge < -0.3 is 9.84 Å². The third kappa shape index (κ3) is 3.46. The number of hydrogen-bond acceptors (Lipinski definition) is 5. The molecule has 1 aromatic heterocycles. The Morgan fingerprint density at radius 2 is 2.00 bits per heavy atom. The Kier molecular flexibility index (Phi) is 5.47. The number of aromatic nitrogens is 1. The van der Waals surface area contributed by atoms with Gasteiger partial charge in [0.2, 0.25) is 0 Å². The van der Waals surface area contributed by atoms with Crippen LogP contribution in [0.1, 0.15) is 19.4 Å². The van der Waals surface area contributed by atoms with Gasteiger partial charge in [0.25, 0.3) is 0 Å². The fourth-order valence-electron chi connectivity index (χ4n) is 1.36. The number of hydrogen-bond donors (Lipinski definition) is 1. The molecule has 0 spiro atoms. The molecule has 0 aliphatic carbocycles. The summed E-state index contributed by atoms with van der Waals surface area (Å²) in [5.74, 6) is -3.57. The molecule has 8 heteroatoms. The minimum atomic E-state index is -1.04. The minimum Gasteiger partial charge on any atom is -0.506 e. The lowest BCUT2D eigenvalue weighted by Crippen LogP contribution is -2.16. The predicted molar refractivity (Wildman–Crippen MR) is 71.1 cm³/mol. The summed E-state index contributed by atoms with van der Waals surface area (Å²) < 4.78 is 18.0. The van der Waals surface area contributed by atoms with Crippen molar-refractivity contribution in [3.63, 3.8) is 0 Å². The molecule has 0 bridgehead atoms. The van der Waals surface area contributed by atoms with Crippen LogP contribution in [0.2, 0.25) is 10.3 Å². The average Bonchev–Trinajstić information content (AvgIpc) is 2.33. The van der Waals surface area contributed by atoms with Gasteiger partial charge in [0, 0.05) is 0 Å². The van der Waals surface area contributed by atoms with Crippen LogP contribution < -0.4 is 0 Å². The van der Waals surface area contributed by atoms with E-state index in [4.69, 9.17) is 23.2 Å². The van der Waals surface area contributed by atoms with Crippen molar-refractivity contribution in [1.29, 1.82) is 0 Å². The van der Waals surface area contributed by atoms with Gasteiger partial charge >= 0.3 is 5.97 Å². The van der Waals surface area contributed by atoms with Crippen LogP contribution in [-0.2, 0) is 14.3 Å². The summed E-state index contributed by atoms with van der Waals surface area (Å²) in [6, 6.07) is 0.773. The maximum atomic E-state index is 13.3. The van der Waals surface area contributed by atoms with Gasteiger partial charge in [-0.3, -0.25) is 4.79 Å². The number of pyridine rings is 1. The van der Waals surface area contributed by atoms with Gasteiger partial charge in [0.1, 0.15) is 16.5 Å². The molecule has 0 aliphatic rings. The summed E-state index contributed by atoms with van der Waals surface area (Å²) in [5.41, 5.74) is -0.968. The zero-order valence-corrected chi connectivity index (χ0v) is 12.0. The van der Waals surface area contributed by atoms with E-state index in [1.165, 1.54) is 6.92 Å². The lowest BCUT2D eigenvalue weighted by molar-refractivity contribution is -0.139. The standard InChI is InChI=1S/C12H10Cl2FNO4/c1-3-20-12(19)8(5(2)17)9(18)6-4-7(15)11(14)16-10(6)13/h4,18H,3H2,1-2H3/b9-8-. The second-order valence-electron chi connectivity index (χ2n) is 3.60. The number of rotatable bonds is 4. The number of aliphatic hydroxyl groups is 1. The first kappa shape index (κ1) is 16.4. The van der Waals surface area contributed by atoms with Crippen LogP contribution >= 0.6 is 23.2 Å². The number of carbonyl (C=O) groups is 2. The van der Waals surface area contributed by atoms with Gasteiger partial charge in [0.05, 0.1) is 12.2 Å². The Morgan fingerprint density at radius 3 is 2.50 bits per heavy atom. The second-order valence-corrected chi connectivity index (χ2v) is 4.32. The van der Waals surface area contributed by atoms with E-state index in [0.29, 0.717) is 0 Å². The number of esters is 1. The van der Waals surface area contributed by atoms with Gasteiger partial charge in [-0.25, -0.2) is 14.2 Å². The summed E-state index contributed by atoms with van der Waals surface area (Å²) >= 11 is 11.1. The molecule has 0 unspecified atom stereocenters. The molecular formula is C12H10Cl2FNO4. The minimum absolute atomic E-state index is 0.00382. The first-order valence-corrected chi connectivity index (χ1v) is 6.18. The molecule has 0 saturated carbocycles. The average molecular weight is 322 g/mol. The van der Waals surface area contributed by atoms with Crippen LogP contribution in [0.4, 0.5) is 4.39 Å². The van der Waals surface area contributed by atoms with Crippen molar-refractivity contribution in [3.8, 4) is 0 Å². The Hall–Kier alpha value is -1.66. The van der Waals surface area contributed by atoms with Crippen LogP contribution in [0.3, 0.4) is 0 Å². The first-order valence-electron chi connectivity index (χ1n) is 5.42. The van der Waals surface area contributed by atoms with Crippen LogP contribution in [0.15, 0.2) is 11.6 Å². The number of carbonyl (C=O) groups excluding carboxylic acids is 2. The van der Waals surface area contributed by atoms with Crippen molar-refractivity contribution in [3.05, 3.63) is 33.3 Å². The number of nitrogens with zero attached hydrogens (tertiary/aromatic N) is 1. The van der Waals surface area contributed by atoms with E-state index in [9.17, 15) is 19.1 Å². The van der Waals surface area contributed by atoms with Crippen LogP contribution in [0.25, 0.3) is 5.76 Å². The third-order valence-electron chi connectivity index (χ3n) is 2.21. The number of ether oxygens (including phenoxy) is 1. The smallest absolute Gasteiger partial charge is 0.345 e. The number of halogens is 3. The van der Waals surface area contributed by atoms with E-state index in [1.54, 1.807) is 0 Å². The highest BCUT2D eigenvalue weighted by Gasteiger charge is 2.25. The summed E-state index contributed by atoms with van der Waals surface area (Å²) in [4.78, 5) is 26.5. The van der Waals surface area contributed by atoms with Crippen LogP contribution in [0.5, 0.6) is 0 Å². The number of ketones is 1. The molecule has 0 atom stereocenters. The molecule has 0 saturated heterocycles. The van der Waals surface area contributed by atoms with E-state index in [2.05, 4.69) is 9.72 Å². The Labute approximate surface area is 124 Å². The molecule has 108 valence electrons. The van der Waals surface area contributed by atoms with Gasteiger partial charge in [-0.1, -0.05) is 23.2 Å². The fraction of sp³-hybridized carbons (Fsp3) is 0.250. The Bertz CT molecular complexity index is 601. The quantitative estimate of drug-likeness (QED) is 0.230. The van der Waals surface area contributed by atoms with Crippen LogP contribution in [-0.4, -0.2) is 28.4 Å². The highest BCUT2D eigenvalue weighted by Crippen LogP contribution is 2.27. The second kappa shape index (κ2) is 6.67. The zero-order chi connectivity index (χ0) is 15.4. The predicted octanol–water partition coefficient (Wildman–Crippen LogP) is 2.95. The van der Waals surface area contributed by atoms with E-state index in [-0.39, 0.29) is 17.3 Å². The maximum Gasteiger partial charge on any atom is 0.345 e. The molecule has 1 rings (SSSR count). The van der Waals surface area contributed by atoms with Gasteiger partial charge in [0.15, 0.2) is 16.8 Å². The highest BCUT2D eigenvalue weighted by molar-refractivity contribution is 6.34. The molecule has 1 N–H and O–H groups in total. The Morgan fingerprint density at radius 1 is 1.40 bits per heavy atom. The molecule has 0 radical (unpaired) electrons. The summed E-state index contributed by atoms with van der Waals surface area (Å²) in [5, 5.41) is 9.12. The largest absolute Gasteiger partial charge is 0.506 e. The molecule has 0 aliphatic heterocycles. The van der Waals surface area contributed by atoms with Crippen molar-refractivity contribution >= 4 is 40.7 Å². The van der Waals surface area contributed by atoms with Gasteiger partial charge in [-0.15, -0.1) is 0 Å². The summed E-state index contributed by atoms with van der Waals surface area (Å²) in [6.07, 6.45) is 0. The van der Waals surface area contributed by atoms with E-state index in [1.807, 2.05) is 0 Å². The topological polar surface area (TPSA) is 76.5 Å². The van der Waals surface area contributed by atoms with Crippen molar-refractivity contribution < 1.29 is 23.8 Å². The van der Waals surface area contributed by atoms with E-state index in [0.717, 1.165) is 13.0 Å². The highest BCUT2D eigenvalue weighted by atomic mass is 35.5. The third-order valence-corrected chi connectivity index (χ3v) is 2.76. The fourth-order valence-corrected chi connectivity index (χ4v) is 1.77. The Balaban J connectivity index is 3.47. The van der Waals surface area contributed by atoms with Gasteiger partial charge in [-0.05, 0) is 19.9 Å². The van der Waals surface area contributed by atoms with Gasteiger partial charge in [-0.2, -0.15) is 0 Å². The molecular weight excluding hydrogens is 312 g/mol. The monoisotopic (exact) mass is 321 g/mol. The SMILES string of the molecule is CCOC(=O)/C(C(C)=O)=C(\O)c1cc(F)c(Cl)nc1Cl. The molecule has 1 aromatic rings. The van der Waals surface area contributed by atoms with Crippen molar-refractivity contribution in [2.45, 2.75) is 13.8 Å². The zero-order valence-electron chi connectivity index (χ0n) is 10.5.